The Morgan fingerprint density at radius 3 is 2.33 bits per heavy atom. The Labute approximate surface area is 126 Å². The predicted molar refractivity (Wildman–Crippen MR) is 80.8 cm³/mol. The van der Waals surface area contributed by atoms with Gasteiger partial charge in [0.05, 0.1) is 18.4 Å². The molecule has 0 saturated carbocycles. The van der Waals surface area contributed by atoms with Gasteiger partial charge in [0.15, 0.2) is 0 Å². The number of amides is 1. The molecule has 0 fully saturated rings. The van der Waals surface area contributed by atoms with Gasteiger partial charge in [-0.05, 0) is 19.3 Å². The molecule has 0 aromatic heterocycles. The van der Waals surface area contributed by atoms with Gasteiger partial charge in [0.25, 0.3) is 0 Å². The maximum Gasteiger partial charge on any atom is 0.307 e. The number of aliphatic hydroxyl groups excluding tert-OH is 1. The molecular weight excluding hydrogens is 270 g/mol. The summed E-state index contributed by atoms with van der Waals surface area (Å²) in [5.41, 5.74) is 0. The summed E-state index contributed by atoms with van der Waals surface area (Å²) in [5, 5.41) is 18.4. The van der Waals surface area contributed by atoms with E-state index in [2.05, 4.69) is 6.92 Å². The first-order valence-electron chi connectivity index (χ1n) is 7.89. The average Bonchev–Trinajstić information content (AvgIpc) is 2.49. The number of unbranched alkanes of at least 4 members (excludes halogenated alkanes) is 3. The molecule has 0 aromatic rings. The number of hydrogen-bond acceptors (Lipinski definition) is 3. The molecule has 5 heteroatoms. The molecule has 1 aliphatic rings. The van der Waals surface area contributed by atoms with E-state index in [9.17, 15) is 14.7 Å². The molecule has 2 unspecified atom stereocenters. The van der Waals surface area contributed by atoms with Crippen LogP contribution in [0.4, 0.5) is 0 Å². The minimum atomic E-state index is -0.910. The monoisotopic (exact) mass is 297 g/mol. The lowest BCUT2D eigenvalue weighted by Crippen LogP contribution is -2.43. The number of allylic oxidation sites excluding steroid dienone is 2. The molecule has 0 saturated heterocycles. The van der Waals surface area contributed by atoms with E-state index in [1.54, 1.807) is 4.90 Å². The highest BCUT2D eigenvalue weighted by Crippen LogP contribution is 2.27. The van der Waals surface area contributed by atoms with E-state index in [1.807, 2.05) is 12.2 Å². The normalized spacial score (nSPS) is 21.2. The Morgan fingerprint density at radius 1 is 1.10 bits per heavy atom. The first-order chi connectivity index (χ1) is 10.1. The van der Waals surface area contributed by atoms with E-state index in [-0.39, 0.29) is 19.1 Å². The van der Waals surface area contributed by atoms with E-state index in [0.29, 0.717) is 19.4 Å². The van der Waals surface area contributed by atoms with Gasteiger partial charge in [-0.1, -0.05) is 38.3 Å². The Kier molecular flexibility index (Phi) is 8.05. The standard InChI is InChI=1S/C16H27NO4/c1-2-3-4-7-10-17(11-12-18)15(19)13-8-5-6-9-14(13)16(20)21/h5-6,13-14,18H,2-4,7-12H2,1H3,(H,20,21). The number of carboxylic acid groups (broad SMARTS) is 1. The van der Waals surface area contributed by atoms with Crippen LogP contribution in [0.25, 0.3) is 0 Å². The van der Waals surface area contributed by atoms with Crippen molar-refractivity contribution in [1.82, 2.24) is 4.90 Å². The van der Waals surface area contributed by atoms with Crippen molar-refractivity contribution < 1.29 is 19.8 Å². The molecule has 120 valence electrons. The van der Waals surface area contributed by atoms with Crippen LogP contribution in [0, 0.1) is 11.8 Å². The second-order valence-electron chi connectivity index (χ2n) is 5.60. The zero-order valence-corrected chi connectivity index (χ0v) is 12.8. The summed E-state index contributed by atoms with van der Waals surface area (Å²) < 4.78 is 0. The highest BCUT2D eigenvalue weighted by molar-refractivity contribution is 5.85. The van der Waals surface area contributed by atoms with Gasteiger partial charge in [-0.2, -0.15) is 0 Å². The predicted octanol–water partition coefficient (Wildman–Crippen LogP) is 2.05. The maximum absolute atomic E-state index is 12.6. The van der Waals surface area contributed by atoms with Gasteiger partial charge < -0.3 is 15.1 Å². The molecule has 1 amide bonds. The van der Waals surface area contributed by atoms with Crippen molar-refractivity contribution in [3.05, 3.63) is 12.2 Å². The Morgan fingerprint density at radius 2 is 1.76 bits per heavy atom. The Balaban J connectivity index is 2.65. The SMILES string of the molecule is CCCCCCN(CCO)C(=O)C1CC=CCC1C(=O)O. The number of aliphatic carboxylic acids is 1. The average molecular weight is 297 g/mol. The molecule has 5 nitrogen and oxygen atoms in total. The van der Waals surface area contributed by atoms with Crippen molar-refractivity contribution in [3.8, 4) is 0 Å². The van der Waals surface area contributed by atoms with Crippen LogP contribution >= 0.6 is 0 Å². The largest absolute Gasteiger partial charge is 0.481 e. The lowest BCUT2D eigenvalue weighted by molar-refractivity contribution is -0.150. The number of carboxylic acids is 1. The van der Waals surface area contributed by atoms with Gasteiger partial charge >= 0.3 is 5.97 Å². The Bertz CT molecular complexity index is 367. The highest BCUT2D eigenvalue weighted by Gasteiger charge is 2.36. The topological polar surface area (TPSA) is 77.8 Å². The van der Waals surface area contributed by atoms with Crippen molar-refractivity contribution >= 4 is 11.9 Å². The molecule has 0 aromatic carbocycles. The number of rotatable bonds is 9. The fraction of sp³-hybridized carbons (Fsp3) is 0.750. The highest BCUT2D eigenvalue weighted by atomic mass is 16.4. The maximum atomic E-state index is 12.6. The van der Waals surface area contributed by atoms with Crippen LogP contribution in [0.1, 0.15) is 45.4 Å². The number of carbonyl (C=O) groups excluding carboxylic acids is 1. The zero-order chi connectivity index (χ0) is 15.7. The lowest BCUT2D eigenvalue weighted by Gasteiger charge is -2.30. The van der Waals surface area contributed by atoms with Gasteiger partial charge in [-0.25, -0.2) is 0 Å². The van der Waals surface area contributed by atoms with E-state index in [1.165, 1.54) is 0 Å². The molecule has 0 spiro atoms. The molecule has 0 aliphatic heterocycles. The Hall–Kier alpha value is -1.36. The van der Waals surface area contributed by atoms with E-state index < -0.39 is 17.8 Å². The van der Waals surface area contributed by atoms with Crippen LogP contribution < -0.4 is 0 Å². The van der Waals surface area contributed by atoms with Crippen molar-refractivity contribution in [2.75, 3.05) is 19.7 Å². The molecule has 1 aliphatic carbocycles. The van der Waals surface area contributed by atoms with E-state index in [0.717, 1.165) is 25.7 Å². The van der Waals surface area contributed by atoms with Crippen LogP contribution in [0.3, 0.4) is 0 Å². The molecule has 21 heavy (non-hydrogen) atoms. The summed E-state index contributed by atoms with van der Waals surface area (Å²) >= 11 is 0. The molecular formula is C16H27NO4. The van der Waals surface area contributed by atoms with Gasteiger partial charge in [0.2, 0.25) is 5.91 Å². The first kappa shape index (κ1) is 17.7. The lowest BCUT2D eigenvalue weighted by atomic mass is 9.82. The summed E-state index contributed by atoms with van der Waals surface area (Å²) in [6.45, 7) is 2.94. The molecule has 0 radical (unpaired) electrons. The van der Waals surface area contributed by atoms with Gasteiger partial charge in [0.1, 0.15) is 0 Å². The fourth-order valence-electron chi connectivity index (χ4n) is 2.78. The summed E-state index contributed by atoms with van der Waals surface area (Å²) in [6.07, 6.45) is 8.82. The van der Waals surface area contributed by atoms with Crippen molar-refractivity contribution in [3.63, 3.8) is 0 Å². The van der Waals surface area contributed by atoms with Gasteiger partial charge in [-0.3, -0.25) is 9.59 Å². The van der Waals surface area contributed by atoms with E-state index >= 15 is 0 Å². The van der Waals surface area contributed by atoms with Gasteiger partial charge in [-0.15, -0.1) is 0 Å². The summed E-state index contributed by atoms with van der Waals surface area (Å²) in [6, 6.07) is 0. The number of nitrogens with zero attached hydrogens (tertiary/aromatic N) is 1. The van der Waals surface area contributed by atoms with Crippen LogP contribution in [0.2, 0.25) is 0 Å². The molecule has 0 heterocycles. The third-order valence-electron chi connectivity index (χ3n) is 4.03. The summed E-state index contributed by atoms with van der Waals surface area (Å²) in [7, 11) is 0. The van der Waals surface area contributed by atoms with Crippen molar-refractivity contribution in [2.45, 2.75) is 45.4 Å². The van der Waals surface area contributed by atoms with Gasteiger partial charge in [0, 0.05) is 13.1 Å². The number of carbonyl (C=O) groups is 2. The summed E-state index contributed by atoms with van der Waals surface area (Å²) in [5.74, 6) is -2.17. The first-order valence-corrected chi connectivity index (χ1v) is 7.89. The zero-order valence-electron chi connectivity index (χ0n) is 12.8. The van der Waals surface area contributed by atoms with Crippen LogP contribution in [-0.2, 0) is 9.59 Å². The van der Waals surface area contributed by atoms with Crippen molar-refractivity contribution in [1.29, 1.82) is 0 Å². The number of hydrogen-bond donors (Lipinski definition) is 2. The number of aliphatic hydroxyl groups is 1. The van der Waals surface area contributed by atoms with Crippen LogP contribution in [-0.4, -0.2) is 46.7 Å². The smallest absolute Gasteiger partial charge is 0.307 e. The van der Waals surface area contributed by atoms with Crippen LogP contribution in [0.15, 0.2) is 12.2 Å². The molecule has 2 atom stereocenters. The second kappa shape index (κ2) is 9.55. The third kappa shape index (κ3) is 5.50. The third-order valence-corrected chi connectivity index (χ3v) is 4.03. The molecule has 2 N–H and O–H groups in total. The fourth-order valence-corrected chi connectivity index (χ4v) is 2.78. The minimum Gasteiger partial charge on any atom is -0.481 e. The second-order valence-corrected chi connectivity index (χ2v) is 5.60. The van der Waals surface area contributed by atoms with Crippen LogP contribution in [0.5, 0.6) is 0 Å². The summed E-state index contributed by atoms with van der Waals surface area (Å²) in [4.78, 5) is 25.5. The van der Waals surface area contributed by atoms with E-state index in [4.69, 9.17) is 5.11 Å². The minimum absolute atomic E-state index is 0.0835. The molecule has 0 bridgehead atoms. The quantitative estimate of drug-likeness (QED) is 0.504. The molecule has 1 rings (SSSR count). The van der Waals surface area contributed by atoms with Crippen molar-refractivity contribution in [2.24, 2.45) is 11.8 Å².